The van der Waals surface area contributed by atoms with E-state index in [0.29, 0.717) is 12.3 Å². The lowest BCUT2D eigenvalue weighted by molar-refractivity contribution is -0.0344. The van der Waals surface area contributed by atoms with Gasteiger partial charge in [-0.05, 0) is 50.3 Å². The molecule has 2 nitrogen and oxygen atoms in total. The van der Waals surface area contributed by atoms with Crippen molar-refractivity contribution >= 4 is 0 Å². The van der Waals surface area contributed by atoms with Crippen LogP contribution in [0.4, 0.5) is 0 Å². The topological polar surface area (TPSA) is 23.5 Å². The molecule has 1 aliphatic heterocycles. The maximum atomic E-state index is 11.5. The minimum Gasteiger partial charge on any atom is -0.384 e. The molecule has 2 heteroatoms. The highest BCUT2D eigenvalue weighted by molar-refractivity contribution is 5.26. The van der Waals surface area contributed by atoms with E-state index >= 15 is 0 Å². The van der Waals surface area contributed by atoms with Crippen molar-refractivity contribution in [3.8, 4) is 11.8 Å². The van der Waals surface area contributed by atoms with Crippen LogP contribution in [-0.4, -0.2) is 29.6 Å². The van der Waals surface area contributed by atoms with Gasteiger partial charge >= 0.3 is 0 Å². The van der Waals surface area contributed by atoms with Crippen LogP contribution >= 0.6 is 0 Å². The van der Waals surface area contributed by atoms with E-state index in [1.165, 1.54) is 51.6 Å². The summed E-state index contributed by atoms with van der Waals surface area (Å²) in [6, 6.07) is 10.2. The highest BCUT2D eigenvalue weighted by Crippen LogP contribution is 2.41. The normalized spacial score (nSPS) is 22.4. The van der Waals surface area contributed by atoms with E-state index in [1.807, 2.05) is 18.2 Å². The van der Waals surface area contributed by atoms with Gasteiger partial charge in [0.05, 0.1) is 6.54 Å². The molecule has 1 aromatic carbocycles. The maximum absolute atomic E-state index is 11.5. The second-order valence-corrected chi connectivity index (χ2v) is 7.49. The van der Waals surface area contributed by atoms with E-state index in [9.17, 15) is 5.11 Å². The molecule has 24 heavy (non-hydrogen) atoms. The van der Waals surface area contributed by atoms with Crippen LogP contribution < -0.4 is 0 Å². The molecule has 2 fully saturated rings. The number of aliphatic hydroxyl groups is 1. The molecule has 1 saturated carbocycles. The summed E-state index contributed by atoms with van der Waals surface area (Å²) in [6.07, 6.45) is 10.6. The summed E-state index contributed by atoms with van der Waals surface area (Å²) in [6.45, 7) is 3.22. The Morgan fingerprint density at radius 2 is 1.58 bits per heavy atom. The Labute approximate surface area is 147 Å². The summed E-state index contributed by atoms with van der Waals surface area (Å²) >= 11 is 0. The lowest BCUT2D eigenvalue weighted by Gasteiger charge is -2.38. The summed E-state index contributed by atoms with van der Waals surface area (Å²) in [5.41, 5.74) is 0.264. The van der Waals surface area contributed by atoms with Gasteiger partial charge in [-0.2, -0.15) is 0 Å². The monoisotopic (exact) mass is 325 g/mol. The average Bonchev–Trinajstić information content (AvgIpc) is 2.67. The van der Waals surface area contributed by atoms with E-state index in [-0.39, 0.29) is 0 Å². The minimum atomic E-state index is -0.781. The fourth-order valence-corrected chi connectivity index (χ4v) is 4.27. The zero-order chi connectivity index (χ0) is 16.7. The predicted molar refractivity (Wildman–Crippen MR) is 99.6 cm³/mol. The van der Waals surface area contributed by atoms with Crippen molar-refractivity contribution in [2.45, 2.75) is 63.4 Å². The molecular formula is C22H31NO. The average molecular weight is 325 g/mol. The molecule has 1 atom stereocenters. The fraction of sp³-hybridized carbons (Fsp3) is 0.636. The van der Waals surface area contributed by atoms with Gasteiger partial charge in [0.15, 0.2) is 0 Å². The third kappa shape index (κ3) is 4.41. The van der Waals surface area contributed by atoms with Crippen LogP contribution in [0.15, 0.2) is 30.3 Å². The summed E-state index contributed by atoms with van der Waals surface area (Å²) in [4.78, 5) is 2.44. The molecule has 0 bridgehead atoms. The van der Waals surface area contributed by atoms with Gasteiger partial charge in [0.25, 0.3) is 0 Å². The molecule has 0 aromatic heterocycles. The van der Waals surface area contributed by atoms with Crippen LogP contribution in [0, 0.1) is 17.8 Å². The fourth-order valence-electron chi connectivity index (χ4n) is 4.27. The van der Waals surface area contributed by atoms with Crippen LogP contribution in [0.3, 0.4) is 0 Å². The Morgan fingerprint density at radius 1 is 0.917 bits per heavy atom. The van der Waals surface area contributed by atoms with Crippen molar-refractivity contribution in [2.75, 3.05) is 19.6 Å². The molecule has 130 valence electrons. The Kier molecular flexibility index (Phi) is 6.35. The van der Waals surface area contributed by atoms with Gasteiger partial charge in [-0.3, -0.25) is 4.90 Å². The third-order valence-corrected chi connectivity index (χ3v) is 5.79. The highest BCUT2D eigenvalue weighted by Gasteiger charge is 2.38. The first kappa shape index (κ1) is 17.5. The lowest BCUT2D eigenvalue weighted by Crippen LogP contribution is -2.36. The van der Waals surface area contributed by atoms with Gasteiger partial charge < -0.3 is 5.11 Å². The van der Waals surface area contributed by atoms with Gasteiger partial charge in [0.1, 0.15) is 5.60 Å². The molecule has 0 radical (unpaired) electrons. The summed E-state index contributed by atoms with van der Waals surface area (Å²) in [7, 11) is 0. The molecule has 3 rings (SSSR count). The number of nitrogens with zero attached hydrogens (tertiary/aromatic N) is 1. The Bertz CT molecular complexity index is 546. The number of hydrogen-bond acceptors (Lipinski definition) is 2. The molecule has 1 heterocycles. The predicted octanol–water partition coefficient (Wildman–Crippen LogP) is 4.33. The number of likely N-dealkylation sites (tertiary alicyclic amines) is 1. The van der Waals surface area contributed by atoms with Gasteiger partial charge in [-0.1, -0.05) is 67.9 Å². The quantitative estimate of drug-likeness (QED) is 0.833. The van der Waals surface area contributed by atoms with E-state index in [4.69, 9.17) is 0 Å². The molecule has 1 saturated heterocycles. The standard InChI is InChI=1S/C22H31NO/c24-22(20-12-4-1-5-13-20,21-14-6-2-7-15-21)16-8-11-19-23-17-9-3-10-18-23/h1,4-5,12-13,21,24H,2-3,6-7,9-10,14-19H2/t22-/m0/s1. The summed E-state index contributed by atoms with van der Waals surface area (Å²) < 4.78 is 0. The van der Waals surface area contributed by atoms with Crippen LogP contribution in [0.25, 0.3) is 0 Å². The SMILES string of the molecule is O[C@@](CC#CCN1CCCCC1)(c1ccccc1)C1CCCCC1. The Balaban J connectivity index is 1.68. The van der Waals surface area contributed by atoms with E-state index in [2.05, 4.69) is 28.9 Å². The zero-order valence-corrected chi connectivity index (χ0v) is 14.8. The lowest BCUT2D eigenvalue weighted by atomic mass is 9.72. The Hall–Kier alpha value is -1.30. The molecule has 0 spiro atoms. The van der Waals surface area contributed by atoms with Crippen molar-refractivity contribution in [2.24, 2.45) is 5.92 Å². The van der Waals surface area contributed by atoms with Crippen molar-refractivity contribution in [3.63, 3.8) is 0 Å². The van der Waals surface area contributed by atoms with Gasteiger partial charge in [-0.25, -0.2) is 0 Å². The number of rotatable bonds is 4. The first-order valence-electron chi connectivity index (χ1n) is 9.75. The van der Waals surface area contributed by atoms with Gasteiger partial charge in [-0.15, -0.1) is 0 Å². The second kappa shape index (κ2) is 8.70. The molecular weight excluding hydrogens is 294 g/mol. The molecule has 1 aromatic rings. The van der Waals surface area contributed by atoms with Crippen molar-refractivity contribution in [1.82, 2.24) is 4.90 Å². The van der Waals surface area contributed by atoms with Crippen molar-refractivity contribution in [1.29, 1.82) is 0 Å². The largest absolute Gasteiger partial charge is 0.384 e. The second-order valence-electron chi connectivity index (χ2n) is 7.49. The smallest absolute Gasteiger partial charge is 0.103 e. The molecule has 1 N–H and O–H groups in total. The number of hydrogen-bond donors (Lipinski definition) is 1. The van der Waals surface area contributed by atoms with Crippen LogP contribution in [-0.2, 0) is 5.60 Å². The van der Waals surface area contributed by atoms with Gasteiger partial charge in [0.2, 0.25) is 0 Å². The highest BCUT2D eigenvalue weighted by atomic mass is 16.3. The van der Waals surface area contributed by atoms with Gasteiger partial charge in [0, 0.05) is 6.42 Å². The summed E-state index contributed by atoms with van der Waals surface area (Å²) in [5, 5.41) is 11.5. The van der Waals surface area contributed by atoms with Crippen molar-refractivity contribution < 1.29 is 5.11 Å². The molecule has 1 aliphatic carbocycles. The van der Waals surface area contributed by atoms with Crippen molar-refractivity contribution in [3.05, 3.63) is 35.9 Å². The first-order valence-corrected chi connectivity index (χ1v) is 9.75. The zero-order valence-electron chi connectivity index (χ0n) is 14.8. The number of piperidine rings is 1. The minimum absolute atomic E-state index is 0.345. The molecule has 0 unspecified atom stereocenters. The molecule has 2 aliphatic rings. The molecule has 0 amide bonds. The number of benzene rings is 1. The Morgan fingerprint density at radius 3 is 2.29 bits per heavy atom. The first-order chi connectivity index (χ1) is 11.8. The van der Waals surface area contributed by atoms with Crippen LogP contribution in [0.2, 0.25) is 0 Å². The summed E-state index contributed by atoms with van der Waals surface area (Å²) in [5.74, 6) is 7.01. The van der Waals surface area contributed by atoms with Crippen LogP contribution in [0.5, 0.6) is 0 Å². The van der Waals surface area contributed by atoms with E-state index in [1.54, 1.807) is 0 Å². The van der Waals surface area contributed by atoms with E-state index < -0.39 is 5.60 Å². The van der Waals surface area contributed by atoms with Crippen LogP contribution in [0.1, 0.15) is 63.4 Å². The maximum Gasteiger partial charge on any atom is 0.103 e. The van der Waals surface area contributed by atoms with E-state index in [0.717, 1.165) is 24.9 Å². The third-order valence-electron chi connectivity index (χ3n) is 5.79.